The molecule has 6 nitrogen and oxygen atoms in total. The Morgan fingerprint density at radius 3 is 2.38 bits per heavy atom. The molecule has 0 N–H and O–H groups in total. The van der Waals surface area contributed by atoms with E-state index in [9.17, 15) is 8.42 Å². The van der Waals surface area contributed by atoms with E-state index in [-0.39, 0.29) is 11.8 Å². The molecule has 0 bridgehead atoms. The summed E-state index contributed by atoms with van der Waals surface area (Å²) >= 11 is 0. The summed E-state index contributed by atoms with van der Waals surface area (Å²) in [5, 5.41) is 0. The molecule has 0 radical (unpaired) electrons. The van der Waals surface area contributed by atoms with E-state index >= 15 is 0 Å². The van der Waals surface area contributed by atoms with Gasteiger partial charge >= 0.3 is 0 Å². The standard InChI is InChI=1S/C25H25N3O3S/c1-19-17-27(15-16-28(19)32(29,30)18-20-9-3-2-4-10-20)25-21-11-5-7-13-23(21)31-24-14-8-6-12-22(24)26-25/h2-14,19H,15-18H2,1H3. The van der Waals surface area contributed by atoms with Crippen molar-refractivity contribution in [3.05, 3.63) is 90.0 Å². The maximum absolute atomic E-state index is 13.1. The zero-order valence-electron chi connectivity index (χ0n) is 17.9. The summed E-state index contributed by atoms with van der Waals surface area (Å²) in [6, 6.07) is 24.7. The Morgan fingerprint density at radius 2 is 1.59 bits per heavy atom. The van der Waals surface area contributed by atoms with Gasteiger partial charge < -0.3 is 9.64 Å². The first-order valence-electron chi connectivity index (χ1n) is 10.7. The number of hydrogen-bond acceptors (Lipinski definition) is 5. The molecular weight excluding hydrogens is 422 g/mol. The molecule has 1 fully saturated rings. The van der Waals surface area contributed by atoms with Crippen LogP contribution in [-0.4, -0.2) is 49.1 Å². The number of aliphatic imine (C=N–C) groups is 1. The van der Waals surface area contributed by atoms with Crippen LogP contribution in [0.4, 0.5) is 5.69 Å². The molecule has 0 saturated carbocycles. The third kappa shape index (κ3) is 4.01. The highest BCUT2D eigenvalue weighted by Gasteiger charge is 2.35. The van der Waals surface area contributed by atoms with Crippen molar-refractivity contribution in [1.29, 1.82) is 0 Å². The third-order valence-corrected chi connectivity index (χ3v) is 7.81. The molecule has 1 unspecified atom stereocenters. The van der Waals surface area contributed by atoms with Crippen molar-refractivity contribution in [2.45, 2.75) is 18.7 Å². The van der Waals surface area contributed by atoms with Crippen LogP contribution in [0.2, 0.25) is 0 Å². The Bertz CT molecular complexity index is 1260. The molecule has 0 aliphatic carbocycles. The van der Waals surface area contributed by atoms with E-state index in [4.69, 9.17) is 9.73 Å². The number of rotatable bonds is 3. The predicted molar refractivity (Wildman–Crippen MR) is 126 cm³/mol. The first kappa shape index (κ1) is 20.7. The van der Waals surface area contributed by atoms with Gasteiger partial charge in [-0.1, -0.05) is 54.6 Å². The third-order valence-electron chi connectivity index (χ3n) is 5.85. The van der Waals surface area contributed by atoms with Gasteiger partial charge in [0.15, 0.2) is 5.75 Å². The van der Waals surface area contributed by atoms with Crippen molar-refractivity contribution in [2.24, 2.45) is 4.99 Å². The highest BCUT2D eigenvalue weighted by atomic mass is 32.2. The minimum Gasteiger partial charge on any atom is -0.454 e. The lowest BCUT2D eigenvalue weighted by Gasteiger charge is -2.40. The number of nitrogens with zero attached hydrogens (tertiary/aromatic N) is 3. The molecule has 1 atom stereocenters. The number of amidine groups is 1. The lowest BCUT2D eigenvalue weighted by atomic mass is 10.1. The second-order valence-electron chi connectivity index (χ2n) is 8.15. The van der Waals surface area contributed by atoms with Crippen molar-refractivity contribution in [1.82, 2.24) is 9.21 Å². The average molecular weight is 448 g/mol. The van der Waals surface area contributed by atoms with Gasteiger partial charge in [-0.15, -0.1) is 0 Å². The SMILES string of the molecule is CC1CN(C2=Nc3ccccc3Oc3ccccc32)CCN1S(=O)(=O)Cc1ccccc1. The Kier molecular flexibility index (Phi) is 5.45. The van der Waals surface area contributed by atoms with Gasteiger partial charge in [0.25, 0.3) is 0 Å². The fraction of sp³-hybridized carbons (Fsp3) is 0.240. The van der Waals surface area contributed by atoms with Crippen LogP contribution in [0.5, 0.6) is 11.5 Å². The highest BCUT2D eigenvalue weighted by molar-refractivity contribution is 7.88. The molecule has 3 aromatic carbocycles. The van der Waals surface area contributed by atoms with Gasteiger partial charge in [0.1, 0.15) is 17.3 Å². The minimum atomic E-state index is -3.41. The molecule has 2 heterocycles. The highest BCUT2D eigenvalue weighted by Crippen LogP contribution is 2.38. The van der Waals surface area contributed by atoms with E-state index in [2.05, 4.69) is 4.90 Å². The van der Waals surface area contributed by atoms with Crippen molar-refractivity contribution in [3.63, 3.8) is 0 Å². The molecule has 0 amide bonds. The van der Waals surface area contributed by atoms with E-state index < -0.39 is 10.0 Å². The van der Waals surface area contributed by atoms with Gasteiger partial charge in [0.2, 0.25) is 10.0 Å². The summed E-state index contributed by atoms with van der Waals surface area (Å²) in [4.78, 5) is 7.11. The van der Waals surface area contributed by atoms with E-state index in [0.717, 1.165) is 28.4 Å². The number of fused-ring (bicyclic) bond motifs is 2. The molecule has 164 valence electrons. The van der Waals surface area contributed by atoms with Crippen molar-refractivity contribution in [3.8, 4) is 11.5 Å². The van der Waals surface area contributed by atoms with Gasteiger partial charge in [-0.3, -0.25) is 0 Å². The van der Waals surface area contributed by atoms with Crippen molar-refractivity contribution in [2.75, 3.05) is 19.6 Å². The lowest BCUT2D eigenvalue weighted by molar-refractivity contribution is 0.205. The van der Waals surface area contributed by atoms with E-state index in [0.29, 0.717) is 25.4 Å². The smallest absolute Gasteiger partial charge is 0.218 e. The largest absolute Gasteiger partial charge is 0.454 e. The Morgan fingerprint density at radius 1 is 0.906 bits per heavy atom. The van der Waals surface area contributed by atoms with Crippen LogP contribution in [0, 0.1) is 0 Å². The lowest BCUT2D eigenvalue weighted by Crippen LogP contribution is -2.55. The van der Waals surface area contributed by atoms with Crippen molar-refractivity contribution < 1.29 is 13.2 Å². The second kappa shape index (κ2) is 8.41. The van der Waals surface area contributed by atoms with Gasteiger partial charge in [-0.05, 0) is 36.8 Å². The van der Waals surface area contributed by atoms with Crippen LogP contribution in [0.25, 0.3) is 0 Å². The number of ether oxygens (including phenoxy) is 1. The summed E-state index contributed by atoms with van der Waals surface area (Å²) < 4.78 is 34.0. The van der Waals surface area contributed by atoms with Crippen LogP contribution in [0.15, 0.2) is 83.9 Å². The van der Waals surface area contributed by atoms with Crippen molar-refractivity contribution >= 4 is 21.5 Å². The van der Waals surface area contributed by atoms with E-state index in [1.807, 2.05) is 85.8 Å². The maximum Gasteiger partial charge on any atom is 0.218 e. The second-order valence-corrected chi connectivity index (χ2v) is 10.1. The summed E-state index contributed by atoms with van der Waals surface area (Å²) in [7, 11) is -3.41. The van der Waals surface area contributed by atoms with Crippen LogP contribution in [-0.2, 0) is 15.8 Å². The number of para-hydroxylation sites is 3. The van der Waals surface area contributed by atoms with E-state index in [1.54, 1.807) is 4.31 Å². The Balaban J connectivity index is 1.42. The molecule has 1 saturated heterocycles. The first-order valence-corrected chi connectivity index (χ1v) is 12.4. The summed E-state index contributed by atoms with van der Waals surface area (Å²) in [5.41, 5.74) is 2.49. The molecule has 32 heavy (non-hydrogen) atoms. The maximum atomic E-state index is 13.1. The minimum absolute atomic E-state index is 0.0170. The van der Waals surface area contributed by atoms with E-state index in [1.165, 1.54) is 0 Å². The average Bonchev–Trinajstić information content (AvgIpc) is 2.96. The van der Waals surface area contributed by atoms with Gasteiger partial charge in [0.05, 0.1) is 11.3 Å². The summed E-state index contributed by atoms with van der Waals surface area (Å²) in [6.45, 7) is 3.50. The zero-order chi connectivity index (χ0) is 22.1. The molecule has 3 aromatic rings. The molecule has 0 spiro atoms. The fourth-order valence-corrected chi connectivity index (χ4v) is 6.08. The number of sulfonamides is 1. The number of benzene rings is 3. The molecule has 7 heteroatoms. The molecule has 2 aliphatic heterocycles. The van der Waals surface area contributed by atoms with Gasteiger partial charge in [-0.25, -0.2) is 13.4 Å². The summed E-state index contributed by atoms with van der Waals surface area (Å²) in [6.07, 6.45) is 0. The predicted octanol–water partition coefficient (Wildman–Crippen LogP) is 4.41. The Labute approximate surface area is 188 Å². The normalized spacial score (nSPS) is 18.7. The monoisotopic (exact) mass is 447 g/mol. The quantitative estimate of drug-likeness (QED) is 0.597. The first-order chi connectivity index (χ1) is 15.5. The van der Waals surface area contributed by atoms with Gasteiger partial charge in [0, 0.05) is 25.7 Å². The molecule has 0 aromatic heterocycles. The topological polar surface area (TPSA) is 62.2 Å². The Hall–Kier alpha value is -3.16. The van der Waals surface area contributed by atoms with Crippen LogP contribution >= 0.6 is 0 Å². The molecule has 5 rings (SSSR count). The summed E-state index contributed by atoms with van der Waals surface area (Å²) in [5.74, 6) is 2.30. The number of piperazine rings is 1. The fourth-order valence-electron chi connectivity index (χ4n) is 4.32. The number of hydrogen-bond donors (Lipinski definition) is 0. The van der Waals surface area contributed by atoms with Crippen LogP contribution in [0.3, 0.4) is 0 Å². The van der Waals surface area contributed by atoms with Crippen LogP contribution < -0.4 is 4.74 Å². The van der Waals surface area contributed by atoms with Gasteiger partial charge in [-0.2, -0.15) is 4.31 Å². The molecule has 2 aliphatic rings. The molecular formula is C25H25N3O3S. The zero-order valence-corrected chi connectivity index (χ0v) is 18.7. The van der Waals surface area contributed by atoms with Crippen LogP contribution in [0.1, 0.15) is 18.1 Å².